The van der Waals surface area contributed by atoms with E-state index in [1.165, 1.54) is 0 Å². The summed E-state index contributed by atoms with van der Waals surface area (Å²) in [4.78, 5) is 41.0. The molecule has 0 aromatic carbocycles. The summed E-state index contributed by atoms with van der Waals surface area (Å²) < 4.78 is 37.6. The predicted molar refractivity (Wildman–Crippen MR) is 121 cm³/mol. The number of piperazine rings is 1. The van der Waals surface area contributed by atoms with Gasteiger partial charge in [-0.15, -0.1) is 0 Å². The van der Waals surface area contributed by atoms with Crippen molar-refractivity contribution in [2.24, 2.45) is 0 Å². The molecule has 3 aromatic heterocycles. The van der Waals surface area contributed by atoms with Gasteiger partial charge in [0.05, 0.1) is 16.6 Å². The van der Waals surface area contributed by atoms with Gasteiger partial charge in [0, 0.05) is 45.0 Å². The van der Waals surface area contributed by atoms with Crippen molar-refractivity contribution < 1.29 is 32.6 Å². The second-order valence-corrected chi connectivity index (χ2v) is 7.79. The summed E-state index contributed by atoms with van der Waals surface area (Å²) in [6.45, 7) is 6.24. The number of carboxylic acids is 1. The maximum Gasteiger partial charge on any atom is 0.490 e. The van der Waals surface area contributed by atoms with Crippen LogP contribution in [0.15, 0.2) is 24.5 Å². The van der Waals surface area contributed by atoms with E-state index in [1.54, 1.807) is 31.5 Å². The number of alkyl halides is 3. The highest BCUT2D eigenvalue weighted by Gasteiger charge is 2.38. The number of hydrogen-bond donors (Lipinski definition) is 2. The molecule has 1 aliphatic heterocycles. The summed E-state index contributed by atoms with van der Waals surface area (Å²) in [7, 11) is 0. The molecule has 14 heteroatoms. The lowest BCUT2D eigenvalue weighted by Gasteiger charge is -2.35. The number of halogens is 4. The van der Waals surface area contributed by atoms with Crippen molar-refractivity contribution >= 4 is 40.3 Å². The highest BCUT2D eigenvalue weighted by molar-refractivity contribution is 6.37. The third-order valence-electron chi connectivity index (χ3n) is 5.09. The monoisotopic (exact) mass is 514 g/mol. The molecule has 4 heterocycles. The van der Waals surface area contributed by atoms with Gasteiger partial charge in [0.2, 0.25) is 5.91 Å². The van der Waals surface area contributed by atoms with Crippen LogP contribution in [0.5, 0.6) is 11.8 Å². The summed E-state index contributed by atoms with van der Waals surface area (Å²) in [5.41, 5.74) is 1.55. The SMILES string of the molecule is CCc1[nH]c2nc(Oc3cccnc3)nc(N3CCN(C(C)=O)CC3)c2c1Cl.O=C(O)C(F)(F)F. The van der Waals surface area contributed by atoms with Crippen molar-refractivity contribution in [1.82, 2.24) is 24.8 Å². The van der Waals surface area contributed by atoms with E-state index in [-0.39, 0.29) is 11.9 Å². The number of aliphatic carboxylic acids is 1. The Labute approximate surface area is 202 Å². The van der Waals surface area contributed by atoms with Gasteiger partial charge in [0.1, 0.15) is 17.2 Å². The summed E-state index contributed by atoms with van der Waals surface area (Å²) in [6.07, 6.45) is -1.04. The second kappa shape index (κ2) is 10.8. The predicted octanol–water partition coefficient (Wildman–Crippen LogP) is 3.66. The zero-order chi connectivity index (χ0) is 25.8. The topological polar surface area (TPSA) is 125 Å². The number of amides is 1. The maximum atomic E-state index is 11.6. The first kappa shape index (κ1) is 26.0. The van der Waals surface area contributed by atoms with Gasteiger partial charge in [-0.1, -0.05) is 18.5 Å². The Balaban J connectivity index is 0.000000429. The summed E-state index contributed by atoms with van der Waals surface area (Å²) in [5.74, 6) is -1.40. The molecule has 0 unspecified atom stereocenters. The van der Waals surface area contributed by atoms with Gasteiger partial charge in [-0.05, 0) is 18.6 Å². The molecule has 1 aliphatic rings. The fourth-order valence-electron chi connectivity index (χ4n) is 3.33. The number of nitrogens with one attached hydrogen (secondary N) is 1. The quantitative estimate of drug-likeness (QED) is 0.540. The Morgan fingerprint density at radius 3 is 2.40 bits per heavy atom. The van der Waals surface area contributed by atoms with Crippen LogP contribution in [0.3, 0.4) is 0 Å². The second-order valence-electron chi connectivity index (χ2n) is 7.41. The Morgan fingerprint density at radius 2 is 1.89 bits per heavy atom. The normalized spacial score (nSPS) is 13.9. The number of pyridine rings is 1. The van der Waals surface area contributed by atoms with Gasteiger partial charge < -0.3 is 24.6 Å². The average molecular weight is 515 g/mol. The number of H-pyrrole nitrogens is 1. The zero-order valence-electron chi connectivity index (χ0n) is 18.8. The van der Waals surface area contributed by atoms with Crippen molar-refractivity contribution in [3.8, 4) is 11.8 Å². The standard InChI is InChI=1S/C19H21ClN6O2.C2HF3O2/c1-3-14-16(20)15-17(22-14)23-19(28-13-5-4-6-21-11-13)24-18(15)26-9-7-25(8-10-26)12(2)27;3-2(4,5)1(6)7/h4-6,11H,3,7-10H2,1-2H3,(H,22,23,24);(H,6,7). The Hall–Kier alpha value is -3.61. The number of carboxylic acid groups (broad SMARTS) is 1. The van der Waals surface area contributed by atoms with Crippen LogP contribution in [0.25, 0.3) is 11.0 Å². The van der Waals surface area contributed by atoms with Crippen LogP contribution in [0.1, 0.15) is 19.5 Å². The van der Waals surface area contributed by atoms with E-state index in [1.807, 2.05) is 11.8 Å². The maximum absolute atomic E-state index is 11.6. The number of hydrogen-bond acceptors (Lipinski definition) is 7. The van der Waals surface area contributed by atoms with Crippen molar-refractivity contribution in [2.75, 3.05) is 31.1 Å². The molecule has 0 aliphatic carbocycles. The Morgan fingerprint density at radius 1 is 1.23 bits per heavy atom. The minimum Gasteiger partial charge on any atom is -0.475 e. The first-order valence-corrected chi connectivity index (χ1v) is 10.9. The van der Waals surface area contributed by atoms with Gasteiger partial charge in [-0.3, -0.25) is 9.78 Å². The molecule has 0 spiro atoms. The third-order valence-corrected chi connectivity index (χ3v) is 5.50. The Kier molecular flexibility index (Phi) is 7.99. The molecule has 0 saturated carbocycles. The van der Waals surface area contributed by atoms with Crippen LogP contribution < -0.4 is 9.64 Å². The molecule has 0 bridgehead atoms. The number of anilines is 1. The molecule has 10 nitrogen and oxygen atoms in total. The van der Waals surface area contributed by atoms with Crippen LogP contribution in [-0.2, 0) is 16.0 Å². The zero-order valence-corrected chi connectivity index (χ0v) is 19.5. The van der Waals surface area contributed by atoms with Gasteiger partial charge in [0.15, 0.2) is 0 Å². The van der Waals surface area contributed by atoms with Crippen LogP contribution in [-0.4, -0.2) is 74.2 Å². The lowest BCUT2D eigenvalue weighted by molar-refractivity contribution is -0.192. The molecule has 0 atom stereocenters. The number of carbonyl (C=O) groups is 2. The number of aromatic amines is 1. The largest absolute Gasteiger partial charge is 0.490 e. The molecule has 188 valence electrons. The smallest absolute Gasteiger partial charge is 0.475 e. The van der Waals surface area contributed by atoms with Crippen LogP contribution in [0, 0.1) is 0 Å². The lowest BCUT2D eigenvalue weighted by atomic mass is 10.2. The number of aryl methyl sites for hydroxylation is 1. The fourth-order valence-corrected chi connectivity index (χ4v) is 3.69. The molecule has 35 heavy (non-hydrogen) atoms. The van der Waals surface area contributed by atoms with E-state index < -0.39 is 12.1 Å². The van der Waals surface area contributed by atoms with Crippen molar-refractivity contribution in [2.45, 2.75) is 26.4 Å². The van der Waals surface area contributed by atoms with Crippen molar-refractivity contribution in [3.05, 3.63) is 35.2 Å². The van der Waals surface area contributed by atoms with Gasteiger partial charge in [-0.2, -0.15) is 23.1 Å². The van der Waals surface area contributed by atoms with Crippen LogP contribution >= 0.6 is 11.6 Å². The molecular weight excluding hydrogens is 493 g/mol. The van der Waals surface area contributed by atoms with Crippen LogP contribution in [0.2, 0.25) is 5.02 Å². The number of ether oxygens (including phenoxy) is 1. The van der Waals surface area contributed by atoms with E-state index in [9.17, 15) is 18.0 Å². The molecule has 3 aromatic rings. The number of carbonyl (C=O) groups excluding carboxylic acids is 1. The molecule has 1 saturated heterocycles. The van der Waals surface area contributed by atoms with Crippen molar-refractivity contribution in [3.63, 3.8) is 0 Å². The highest BCUT2D eigenvalue weighted by atomic mass is 35.5. The van der Waals surface area contributed by atoms with Crippen molar-refractivity contribution in [1.29, 1.82) is 0 Å². The first-order chi connectivity index (χ1) is 16.5. The lowest BCUT2D eigenvalue weighted by Crippen LogP contribution is -2.48. The highest BCUT2D eigenvalue weighted by Crippen LogP contribution is 2.36. The number of nitrogens with zero attached hydrogens (tertiary/aromatic N) is 5. The minimum atomic E-state index is -5.08. The summed E-state index contributed by atoms with van der Waals surface area (Å²) in [6, 6.07) is 3.81. The average Bonchev–Trinajstić information content (AvgIpc) is 3.14. The Bertz CT molecular complexity index is 1200. The fraction of sp³-hybridized carbons (Fsp3) is 0.381. The molecule has 2 N–H and O–H groups in total. The van der Waals surface area contributed by atoms with Gasteiger partial charge in [-0.25, -0.2) is 4.79 Å². The molecule has 1 amide bonds. The first-order valence-electron chi connectivity index (χ1n) is 10.5. The van der Waals surface area contributed by atoms with Gasteiger partial charge in [0.25, 0.3) is 0 Å². The molecule has 1 fully saturated rings. The minimum absolute atomic E-state index is 0.0843. The van der Waals surface area contributed by atoms with E-state index in [0.29, 0.717) is 48.4 Å². The summed E-state index contributed by atoms with van der Waals surface area (Å²) in [5, 5.41) is 8.54. The third kappa shape index (κ3) is 6.29. The number of fused-ring (bicyclic) bond motifs is 1. The summed E-state index contributed by atoms with van der Waals surface area (Å²) >= 11 is 6.62. The van der Waals surface area contributed by atoms with E-state index in [0.717, 1.165) is 17.5 Å². The molecule has 4 rings (SSSR count). The van der Waals surface area contributed by atoms with Gasteiger partial charge >= 0.3 is 18.2 Å². The number of aromatic nitrogens is 4. The van der Waals surface area contributed by atoms with E-state index in [4.69, 9.17) is 26.2 Å². The molecular formula is C21H22ClF3N6O4. The van der Waals surface area contributed by atoms with Crippen LogP contribution in [0.4, 0.5) is 19.0 Å². The molecule has 0 radical (unpaired) electrons. The van der Waals surface area contributed by atoms with E-state index in [2.05, 4.69) is 24.8 Å². The number of rotatable bonds is 4. The van der Waals surface area contributed by atoms with E-state index >= 15 is 0 Å².